The number of carbonyl (C=O) groups is 1. The molecule has 7 heteroatoms. The van der Waals surface area contributed by atoms with Crippen molar-refractivity contribution < 1.29 is 4.79 Å². The molecule has 30 heavy (non-hydrogen) atoms. The molecule has 0 spiro atoms. The number of halogens is 1. The molecular formula is C23H15ClN4OS. The van der Waals surface area contributed by atoms with Crippen LogP contribution in [0.15, 0.2) is 82.4 Å². The third-order valence-electron chi connectivity index (χ3n) is 4.89. The van der Waals surface area contributed by atoms with E-state index in [1.807, 2.05) is 66.7 Å². The summed E-state index contributed by atoms with van der Waals surface area (Å²) in [7, 11) is 0. The van der Waals surface area contributed by atoms with Crippen LogP contribution in [0.4, 0.5) is 0 Å². The van der Waals surface area contributed by atoms with Crippen molar-refractivity contribution >= 4 is 62.2 Å². The monoisotopic (exact) mass is 430 g/mol. The number of hydrogen-bond acceptors (Lipinski definition) is 4. The molecule has 2 heterocycles. The molecule has 2 aliphatic heterocycles. The van der Waals surface area contributed by atoms with Gasteiger partial charge in [0.05, 0.1) is 5.57 Å². The Morgan fingerprint density at radius 1 is 1.03 bits per heavy atom. The number of fused-ring (bicyclic) bond motifs is 2. The van der Waals surface area contributed by atoms with E-state index in [1.165, 1.54) is 16.8 Å². The van der Waals surface area contributed by atoms with Gasteiger partial charge in [-0.05, 0) is 51.9 Å². The molecule has 0 atom stereocenters. The van der Waals surface area contributed by atoms with Crippen LogP contribution < -0.4 is 0 Å². The number of hydrazone groups is 1. The normalized spacial score (nSPS) is 17.4. The maximum atomic E-state index is 12.7. The van der Waals surface area contributed by atoms with Crippen molar-refractivity contribution in [1.29, 1.82) is 5.41 Å². The van der Waals surface area contributed by atoms with Crippen molar-refractivity contribution in [3.05, 3.63) is 88.5 Å². The highest BCUT2D eigenvalue weighted by atomic mass is 35.5. The van der Waals surface area contributed by atoms with Gasteiger partial charge in [-0.15, -0.1) is 0 Å². The van der Waals surface area contributed by atoms with Gasteiger partial charge in [0, 0.05) is 11.4 Å². The first-order valence-corrected chi connectivity index (χ1v) is 10.5. The van der Waals surface area contributed by atoms with Gasteiger partial charge in [-0.3, -0.25) is 10.2 Å². The van der Waals surface area contributed by atoms with Gasteiger partial charge in [0.2, 0.25) is 5.17 Å². The van der Waals surface area contributed by atoms with Gasteiger partial charge in [-0.25, -0.2) is 0 Å². The molecule has 0 fully saturated rings. The number of nitrogens with one attached hydrogen (secondary N) is 1. The SMILES string of the molecule is N=C1/C(=C/c2cccc3ccccc23)C(=O)N=C2SC(Cc3ccc(Cl)cc3)=NN12. The summed E-state index contributed by atoms with van der Waals surface area (Å²) in [5.74, 6) is -0.383. The number of hydrogen-bond donors (Lipinski definition) is 1. The molecule has 5 nitrogen and oxygen atoms in total. The Morgan fingerprint density at radius 2 is 1.80 bits per heavy atom. The van der Waals surface area contributed by atoms with Crippen LogP contribution in [0.3, 0.4) is 0 Å². The molecule has 0 saturated heterocycles. The van der Waals surface area contributed by atoms with E-state index in [4.69, 9.17) is 17.0 Å². The van der Waals surface area contributed by atoms with Crippen molar-refractivity contribution in [3.63, 3.8) is 0 Å². The quantitative estimate of drug-likeness (QED) is 0.569. The molecule has 3 aromatic rings. The fourth-order valence-electron chi connectivity index (χ4n) is 3.41. The largest absolute Gasteiger partial charge is 0.283 e. The van der Waals surface area contributed by atoms with Gasteiger partial charge in [0.15, 0.2) is 5.84 Å². The van der Waals surface area contributed by atoms with Crippen molar-refractivity contribution in [3.8, 4) is 0 Å². The van der Waals surface area contributed by atoms with Crippen LogP contribution in [0, 0.1) is 5.41 Å². The number of amidine groups is 2. The van der Waals surface area contributed by atoms with Crippen LogP contribution >= 0.6 is 23.4 Å². The summed E-state index contributed by atoms with van der Waals surface area (Å²) in [5, 5.41) is 18.5. The summed E-state index contributed by atoms with van der Waals surface area (Å²) in [6, 6.07) is 21.4. The van der Waals surface area contributed by atoms with Crippen molar-refractivity contribution in [2.24, 2.45) is 10.1 Å². The summed E-state index contributed by atoms with van der Waals surface area (Å²) in [4.78, 5) is 16.9. The van der Waals surface area contributed by atoms with E-state index in [2.05, 4.69) is 10.1 Å². The van der Waals surface area contributed by atoms with E-state index in [0.717, 1.165) is 26.9 Å². The van der Waals surface area contributed by atoms with Crippen LogP contribution in [0.25, 0.3) is 16.8 Å². The average molecular weight is 431 g/mol. The molecule has 0 unspecified atom stereocenters. The minimum absolute atomic E-state index is 0.0385. The second-order valence-corrected chi connectivity index (χ2v) is 8.36. The zero-order chi connectivity index (χ0) is 20.7. The molecule has 146 valence electrons. The molecule has 2 aliphatic rings. The van der Waals surface area contributed by atoms with E-state index >= 15 is 0 Å². The highest BCUT2D eigenvalue weighted by molar-refractivity contribution is 8.26. The van der Waals surface area contributed by atoms with Gasteiger partial charge in [0.1, 0.15) is 5.04 Å². The Bertz CT molecular complexity index is 1290. The van der Waals surface area contributed by atoms with Gasteiger partial charge < -0.3 is 0 Å². The number of aliphatic imine (C=N–C) groups is 1. The highest BCUT2D eigenvalue weighted by Crippen LogP contribution is 2.30. The lowest BCUT2D eigenvalue weighted by atomic mass is 10.0. The Labute approximate surface area is 182 Å². The molecule has 0 radical (unpaired) electrons. The van der Waals surface area contributed by atoms with E-state index in [9.17, 15) is 4.79 Å². The maximum Gasteiger partial charge on any atom is 0.283 e. The lowest BCUT2D eigenvalue weighted by Gasteiger charge is -2.20. The predicted molar refractivity (Wildman–Crippen MR) is 124 cm³/mol. The second kappa shape index (κ2) is 7.55. The smallest absolute Gasteiger partial charge is 0.282 e. The second-order valence-electron chi connectivity index (χ2n) is 6.89. The zero-order valence-corrected chi connectivity index (χ0v) is 17.2. The van der Waals surface area contributed by atoms with Gasteiger partial charge >= 0.3 is 0 Å². The Morgan fingerprint density at radius 3 is 2.63 bits per heavy atom. The molecule has 5 rings (SSSR count). The average Bonchev–Trinajstić information content (AvgIpc) is 3.15. The maximum absolute atomic E-state index is 12.7. The van der Waals surface area contributed by atoms with Crippen molar-refractivity contribution in [1.82, 2.24) is 5.01 Å². The standard InChI is InChI=1S/C23H15ClN4OS/c24-17-10-8-14(9-11-17)12-20-27-28-21(25)19(22(29)26-23(28)30-20)13-16-6-3-5-15-4-1-2-7-18(15)16/h1-11,13,25H,12H2/b19-13-,25-21?. The first-order valence-electron chi connectivity index (χ1n) is 9.30. The molecule has 0 aromatic heterocycles. The number of nitrogens with zero attached hydrogens (tertiary/aromatic N) is 3. The number of benzene rings is 3. The van der Waals surface area contributed by atoms with Crippen LogP contribution in [-0.4, -0.2) is 27.0 Å². The minimum Gasteiger partial charge on any atom is -0.282 e. The van der Waals surface area contributed by atoms with E-state index in [1.54, 1.807) is 6.08 Å². The van der Waals surface area contributed by atoms with E-state index in [0.29, 0.717) is 16.6 Å². The Balaban J connectivity index is 1.47. The van der Waals surface area contributed by atoms with Crippen LogP contribution in [0.2, 0.25) is 5.02 Å². The predicted octanol–water partition coefficient (Wildman–Crippen LogP) is 5.36. The molecular weight excluding hydrogens is 416 g/mol. The number of carbonyl (C=O) groups excluding carboxylic acids is 1. The topological polar surface area (TPSA) is 68.9 Å². The number of amides is 1. The third kappa shape index (κ3) is 3.44. The van der Waals surface area contributed by atoms with Gasteiger partial charge in [0.25, 0.3) is 5.91 Å². The highest BCUT2D eigenvalue weighted by Gasteiger charge is 2.35. The summed E-state index contributed by atoms with van der Waals surface area (Å²) in [5.41, 5.74) is 2.15. The molecule has 1 amide bonds. The molecule has 3 aromatic carbocycles. The summed E-state index contributed by atoms with van der Waals surface area (Å²) >= 11 is 7.26. The zero-order valence-electron chi connectivity index (χ0n) is 15.7. The fraction of sp³-hybridized carbons (Fsp3) is 0.0435. The Hall–Kier alpha value is -3.22. The lowest BCUT2D eigenvalue weighted by molar-refractivity contribution is -0.114. The number of thioether (sulfide) groups is 1. The summed E-state index contributed by atoms with van der Waals surface area (Å²) < 4.78 is 0. The third-order valence-corrected chi connectivity index (χ3v) is 6.05. The van der Waals surface area contributed by atoms with E-state index < -0.39 is 5.91 Å². The van der Waals surface area contributed by atoms with Crippen LogP contribution in [0.5, 0.6) is 0 Å². The number of rotatable bonds is 3. The van der Waals surface area contributed by atoms with Gasteiger partial charge in [-0.2, -0.15) is 15.1 Å². The van der Waals surface area contributed by atoms with Crippen LogP contribution in [-0.2, 0) is 11.2 Å². The van der Waals surface area contributed by atoms with Gasteiger partial charge in [-0.1, -0.05) is 66.2 Å². The van der Waals surface area contributed by atoms with Crippen molar-refractivity contribution in [2.45, 2.75) is 6.42 Å². The Kier molecular flexibility index (Phi) is 4.73. The summed E-state index contributed by atoms with van der Waals surface area (Å²) in [6.07, 6.45) is 2.31. The molecule has 0 saturated carbocycles. The molecule has 0 bridgehead atoms. The molecule has 0 aliphatic carbocycles. The van der Waals surface area contributed by atoms with Crippen LogP contribution in [0.1, 0.15) is 11.1 Å². The van der Waals surface area contributed by atoms with Crippen molar-refractivity contribution in [2.75, 3.05) is 0 Å². The first-order chi connectivity index (χ1) is 14.6. The molecule has 1 N–H and O–H groups in total. The lowest BCUT2D eigenvalue weighted by Crippen LogP contribution is -2.35. The summed E-state index contributed by atoms with van der Waals surface area (Å²) in [6.45, 7) is 0. The van der Waals surface area contributed by atoms with E-state index in [-0.39, 0.29) is 11.4 Å². The first kappa shape index (κ1) is 18.8. The fourth-order valence-corrected chi connectivity index (χ4v) is 4.46. The minimum atomic E-state index is -0.422.